The second-order valence-electron chi connectivity index (χ2n) is 5.67. The van der Waals surface area contributed by atoms with Crippen LogP contribution in [0, 0.1) is 0 Å². The minimum Gasteiger partial charge on any atom is -0.391 e. The van der Waals surface area contributed by atoms with Gasteiger partial charge in [-0.3, -0.25) is 4.90 Å². The summed E-state index contributed by atoms with van der Waals surface area (Å²) in [6, 6.07) is 9.59. The number of fused-ring (bicyclic) bond motifs is 1. The SMILES string of the molecule is OC(Cc1ccccc1)CN1CCn2c(nnc2C(F)(F)F)C1. The molecule has 1 aliphatic rings. The smallest absolute Gasteiger partial charge is 0.391 e. The predicted molar refractivity (Wildman–Crippen MR) is 76.5 cm³/mol. The monoisotopic (exact) mass is 326 g/mol. The molecular formula is C15H17F3N4O. The largest absolute Gasteiger partial charge is 0.451 e. The van der Waals surface area contributed by atoms with Crippen molar-refractivity contribution in [2.75, 3.05) is 13.1 Å². The van der Waals surface area contributed by atoms with Crippen LogP contribution in [0.3, 0.4) is 0 Å². The molecule has 5 nitrogen and oxygen atoms in total. The summed E-state index contributed by atoms with van der Waals surface area (Å²) < 4.78 is 39.5. The highest BCUT2D eigenvalue weighted by atomic mass is 19.4. The molecule has 1 aliphatic heterocycles. The van der Waals surface area contributed by atoms with E-state index in [4.69, 9.17) is 0 Å². The molecule has 1 aromatic heterocycles. The van der Waals surface area contributed by atoms with Crippen LogP contribution in [0.4, 0.5) is 13.2 Å². The van der Waals surface area contributed by atoms with E-state index in [-0.39, 0.29) is 18.9 Å². The molecule has 0 bridgehead atoms. The molecule has 8 heteroatoms. The Hall–Kier alpha value is -1.93. The van der Waals surface area contributed by atoms with Gasteiger partial charge in [-0.1, -0.05) is 30.3 Å². The minimum atomic E-state index is -4.49. The maximum absolute atomic E-state index is 12.8. The summed E-state index contributed by atoms with van der Waals surface area (Å²) in [5.41, 5.74) is 1.03. The van der Waals surface area contributed by atoms with E-state index in [0.29, 0.717) is 19.5 Å². The lowest BCUT2D eigenvalue weighted by molar-refractivity contribution is -0.148. The molecule has 0 fully saturated rings. The molecule has 0 saturated heterocycles. The summed E-state index contributed by atoms with van der Waals surface area (Å²) in [6.07, 6.45) is -4.55. The zero-order chi connectivity index (χ0) is 16.4. The van der Waals surface area contributed by atoms with Gasteiger partial charge in [0.25, 0.3) is 0 Å². The van der Waals surface area contributed by atoms with Gasteiger partial charge in [0.1, 0.15) is 5.82 Å². The summed E-state index contributed by atoms with van der Waals surface area (Å²) in [5, 5.41) is 17.1. The van der Waals surface area contributed by atoms with Crippen LogP contribution in [-0.2, 0) is 25.7 Å². The lowest BCUT2D eigenvalue weighted by atomic mass is 10.1. The third-order valence-electron chi connectivity index (χ3n) is 3.87. The zero-order valence-electron chi connectivity index (χ0n) is 12.4. The second kappa shape index (κ2) is 6.29. The number of β-amino-alcohol motifs (C(OH)–C–C–N with tert-alkyl or cyclic N) is 1. The fraction of sp³-hybridized carbons (Fsp3) is 0.467. The average Bonchev–Trinajstić information content (AvgIpc) is 2.91. The Morgan fingerprint density at radius 1 is 1.13 bits per heavy atom. The molecule has 0 saturated carbocycles. The molecule has 3 rings (SSSR count). The van der Waals surface area contributed by atoms with E-state index in [0.717, 1.165) is 10.1 Å². The predicted octanol–water partition coefficient (Wildman–Crippen LogP) is 1.72. The van der Waals surface area contributed by atoms with E-state index in [1.165, 1.54) is 0 Å². The van der Waals surface area contributed by atoms with E-state index >= 15 is 0 Å². The lowest BCUT2D eigenvalue weighted by Gasteiger charge is -2.29. The van der Waals surface area contributed by atoms with Gasteiger partial charge in [-0.25, -0.2) is 0 Å². The van der Waals surface area contributed by atoms with E-state index in [9.17, 15) is 18.3 Å². The number of aliphatic hydroxyl groups excluding tert-OH is 1. The van der Waals surface area contributed by atoms with Gasteiger partial charge >= 0.3 is 6.18 Å². The van der Waals surface area contributed by atoms with Crippen molar-refractivity contribution in [3.05, 3.63) is 47.5 Å². The number of halogens is 3. The van der Waals surface area contributed by atoms with E-state index in [1.807, 2.05) is 35.2 Å². The Labute approximate surface area is 131 Å². The maximum atomic E-state index is 12.8. The van der Waals surface area contributed by atoms with Gasteiger partial charge in [0.2, 0.25) is 5.82 Å². The molecule has 1 unspecified atom stereocenters. The summed E-state index contributed by atoms with van der Waals surface area (Å²) >= 11 is 0. The van der Waals surface area contributed by atoms with Crippen LogP contribution in [0.15, 0.2) is 30.3 Å². The highest BCUT2D eigenvalue weighted by Crippen LogP contribution is 2.29. The Morgan fingerprint density at radius 2 is 1.87 bits per heavy atom. The van der Waals surface area contributed by atoms with Crippen molar-refractivity contribution in [1.29, 1.82) is 0 Å². The quantitative estimate of drug-likeness (QED) is 0.929. The first-order valence-electron chi connectivity index (χ1n) is 7.37. The van der Waals surface area contributed by atoms with Gasteiger partial charge in [0.15, 0.2) is 0 Å². The van der Waals surface area contributed by atoms with E-state index in [1.54, 1.807) is 0 Å². The van der Waals surface area contributed by atoms with Gasteiger partial charge in [-0.05, 0) is 12.0 Å². The first-order chi connectivity index (χ1) is 10.9. The average molecular weight is 326 g/mol. The van der Waals surface area contributed by atoms with Gasteiger partial charge in [-0.2, -0.15) is 13.2 Å². The number of aliphatic hydroxyl groups is 1. The molecule has 1 aromatic carbocycles. The first kappa shape index (κ1) is 15.9. The molecule has 0 radical (unpaired) electrons. The normalized spacial score (nSPS) is 17.0. The Bertz CT molecular complexity index is 656. The Balaban J connectivity index is 1.61. The summed E-state index contributed by atoms with van der Waals surface area (Å²) in [5.74, 6) is -0.660. The van der Waals surface area contributed by atoms with Gasteiger partial charge in [-0.15, -0.1) is 10.2 Å². The lowest BCUT2D eigenvalue weighted by Crippen LogP contribution is -2.40. The number of nitrogens with zero attached hydrogens (tertiary/aromatic N) is 4. The van der Waals surface area contributed by atoms with Crippen LogP contribution >= 0.6 is 0 Å². The molecule has 0 aliphatic carbocycles. The third kappa shape index (κ3) is 3.70. The number of benzene rings is 1. The zero-order valence-corrected chi connectivity index (χ0v) is 12.4. The molecule has 0 spiro atoms. The molecule has 0 amide bonds. The number of alkyl halides is 3. The van der Waals surface area contributed by atoms with Crippen molar-refractivity contribution in [2.45, 2.75) is 31.8 Å². The fourth-order valence-corrected chi connectivity index (χ4v) is 2.82. The number of hydrogen-bond acceptors (Lipinski definition) is 4. The van der Waals surface area contributed by atoms with Crippen LogP contribution in [0.25, 0.3) is 0 Å². The Kier molecular flexibility index (Phi) is 4.36. The molecule has 1 N–H and O–H groups in total. The molecule has 1 atom stereocenters. The van der Waals surface area contributed by atoms with Crippen LogP contribution in [0.5, 0.6) is 0 Å². The number of aromatic nitrogens is 3. The summed E-state index contributed by atoms with van der Waals surface area (Å²) in [4.78, 5) is 1.90. The third-order valence-corrected chi connectivity index (χ3v) is 3.87. The highest BCUT2D eigenvalue weighted by Gasteiger charge is 2.39. The van der Waals surface area contributed by atoms with Crippen LogP contribution in [0.1, 0.15) is 17.2 Å². The minimum absolute atomic E-state index is 0.176. The second-order valence-corrected chi connectivity index (χ2v) is 5.67. The fourth-order valence-electron chi connectivity index (χ4n) is 2.82. The first-order valence-corrected chi connectivity index (χ1v) is 7.37. The van der Waals surface area contributed by atoms with Crippen molar-refractivity contribution >= 4 is 0 Å². The Morgan fingerprint density at radius 3 is 2.57 bits per heavy atom. The molecule has 2 aromatic rings. The summed E-state index contributed by atoms with van der Waals surface area (Å²) in [7, 11) is 0. The van der Waals surface area contributed by atoms with Crippen LogP contribution in [-0.4, -0.2) is 44.0 Å². The van der Waals surface area contributed by atoms with Crippen molar-refractivity contribution in [2.24, 2.45) is 0 Å². The van der Waals surface area contributed by atoms with Gasteiger partial charge in [0, 0.05) is 19.6 Å². The van der Waals surface area contributed by atoms with Crippen LogP contribution < -0.4 is 0 Å². The van der Waals surface area contributed by atoms with Crippen molar-refractivity contribution in [1.82, 2.24) is 19.7 Å². The molecule has 2 heterocycles. The molecule has 23 heavy (non-hydrogen) atoms. The standard InChI is InChI=1S/C15H17F3N4O/c16-15(17,18)14-20-19-13-10-21(6-7-22(13)14)9-12(23)8-11-4-2-1-3-5-11/h1-5,12,23H,6-10H2. The van der Waals surface area contributed by atoms with E-state index in [2.05, 4.69) is 10.2 Å². The van der Waals surface area contributed by atoms with E-state index < -0.39 is 18.1 Å². The number of hydrogen-bond donors (Lipinski definition) is 1. The highest BCUT2D eigenvalue weighted by molar-refractivity contribution is 5.15. The van der Waals surface area contributed by atoms with Crippen molar-refractivity contribution < 1.29 is 18.3 Å². The maximum Gasteiger partial charge on any atom is 0.451 e. The van der Waals surface area contributed by atoms with Crippen molar-refractivity contribution in [3.63, 3.8) is 0 Å². The van der Waals surface area contributed by atoms with Gasteiger partial charge < -0.3 is 9.67 Å². The molecular weight excluding hydrogens is 309 g/mol. The molecule has 124 valence electrons. The van der Waals surface area contributed by atoms with Crippen molar-refractivity contribution in [3.8, 4) is 0 Å². The van der Waals surface area contributed by atoms with Gasteiger partial charge in [0.05, 0.1) is 12.6 Å². The summed E-state index contributed by atoms with van der Waals surface area (Å²) in [6.45, 7) is 1.26. The topological polar surface area (TPSA) is 54.2 Å². The number of rotatable bonds is 4. The van der Waals surface area contributed by atoms with Crippen LogP contribution in [0.2, 0.25) is 0 Å².